The maximum atomic E-state index is 12.7. The summed E-state index contributed by atoms with van der Waals surface area (Å²) in [6.07, 6.45) is 0. The van der Waals surface area contributed by atoms with Crippen molar-refractivity contribution in [3.8, 4) is 0 Å². The SMILES string of the molecule is Cc1ccc(CS(=O)(=O)N2CCN(S(=O)(=O)c3ccc(C)cc3)CC2)cc1. The lowest BCUT2D eigenvalue weighted by Crippen LogP contribution is -2.50. The molecule has 0 aliphatic carbocycles. The highest BCUT2D eigenvalue weighted by molar-refractivity contribution is 7.89. The Balaban J connectivity index is 1.67. The molecule has 1 saturated heterocycles. The third-order valence-corrected chi connectivity index (χ3v) is 8.48. The van der Waals surface area contributed by atoms with Gasteiger partial charge in [0.2, 0.25) is 20.0 Å². The van der Waals surface area contributed by atoms with Crippen LogP contribution < -0.4 is 0 Å². The first kappa shape index (κ1) is 20.0. The number of benzene rings is 2. The van der Waals surface area contributed by atoms with Crippen molar-refractivity contribution in [2.75, 3.05) is 26.2 Å². The molecule has 1 aliphatic heterocycles. The molecular formula is C19H24N2O4S2. The summed E-state index contributed by atoms with van der Waals surface area (Å²) in [6.45, 7) is 4.49. The Hall–Kier alpha value is -1.74. The van der Waals surface area contributed by atoms with Crippen LogP contribution in [0.4, 0.5) is 0 Å². The van der Waals surface area contributed by atoms with Crippen molar-refractivity contribution in [2.24, 2.45) is 0 Å². The van der Waals surface area contributed by atoms with Crippen molar-refractivity contribution in [1.29, 1.82) is 0 Å². The summed E-state index contributed by atoms with van der Waals surface area (Å²) < 4.78 is 53.5. The molecule has 0 saturated carbocycles. The third kappa shape index (κ3) is 4.57. The van der Waals surface area contributed by atoms with Crippen molar-refractivity contribution in [3.05, 3.63) is 65.2 Å². The van der Waals surface area contributed by atoms with E-state index in [4.69, 9.17) is 0 Å². The normalized spacial score (nSPS) is 17.1. The van der Waals surface area contributed by atoms with Crippen LogP contribution in [0.25, 0.3) is 0 Å². The monoisotopic (exact) mass is 408 g/mol. The molecule has 0 unspecified atom stereocenters. The first-order valence-corrected chi connectivity index (χ1v) is 11.8. The van der Waals surface area contributed by atoms with E-state index in [2.05, 4.69) is 0 Å². The summed E-state index contributed by atoms with van der Waals surface area (Å²) in [5, 5.41) is 0. The second kappa shape index (κ2) is 7.71. The van der Waals surface area contributed by atoms with E-state index in [1.807, 2.05) is 38.1 Å². The Bertz CT molecular complexity index is 991. The lowest BCUT2D eigenvalue weighted by Gasteiger charge is -2.33. The maximum absolute atomic E-state index is 12.7. The third-order valence-electron chi connectivity index (χ3n) is 4.72. The Labute approximate surface area is 161 Å². The molecule has 0 amide bonds. The summed E-state index contributed by atoms with van der Waals surface area (Å²) in [5.74, 6) is -0.0714. The molecule has 0 radical (unpaired) electrons. The van der Waals surface area contributed by atoms with Gasteiger partial charge in [0.1, 0.15) is 0 Å². The second-order valence-corrected chi connectivity index (χ2v) is 10.8. The fourth-order valence-electron chi connectivity index (χ4n) is 3.03. The van der Waals surface area contributed by atoms with Crippen molar-refractivity contribution < 1.29 is 16.8 Å². The average molecular weight is 409 g/mol. The molecule has 1 aliphatic rings. The van der Waals surface area contributed by atoms with E-state index in [0.29, 0.717) is 0 Å². The van der Waals surface area contributed by atoms with Gasteiger partial charge in [-0.2, -0.15) is 8.61 Å². The van der Waals surface area contributed by atoms with Crippen LogP contribution >= 0.6 is 0 Å². The topological polar surface area (TPSA) is 74.8 Å². The number of piperazine rings is 1. The van der Waals surface area contributed by atoms with Crippen LogP contribution in [0.1, 0.15) is 16.7 Å². The van der Waals surface area contributed by atoms with E-state index >= 15 is 0 Å². The number of sulfonamides is 2. The van der Waals surface area contributed by atoms with Crippen LogP contribution in [0.3, 0.4) is 0 Å². The van der Waals surface area contributed by atoms with Gasteiger partial charge in [0.05, 0.1) is 10.6 Å². The van der Waals surface area contributed by atoms with Crippen LogP contribution in [0.15, 0.2) is 53.4 Å². The first-order valence-electron chi connectivity index (χ1n) is 8.79. The van der Waals surface area contributed by atoms with Crippen molar-refractivity contribution in [2.45, 2.75) is 24.5 Å². The molecule has 6 nitrogen and oxygen atoms in total. The van der Waals surface area contributed by atoms with Crippen molar-refractivity contribution in [3.63, 3.8) is 0 Å². The number of rotatable bonds is 5. The minimum absolute atomic E-state index is 0.0714. The van der Waals surface area contributed by atoms with E-state index in [-0.39, 0.29) is 36.8 Å². The highest BCUT2D eigenvalue weighted by Gasteiger charge is 2.32. The minimum atomic E-state index is -3.60. The highest BCUT2D eigenvalue weighted by atomic mass is 32.2. The van der Waals surface area contributed by atoms with Crippen LogP contribution in [0.2, 0.25) is 0 Å². The van der Waals surface area contributed by atoms with E-state index in [9.17, 15) is 16.8 Å². The zero-order valence-electron chi connectivity index (χ0n) is 15.5. The second-order valence-electron chi connectivity index (χ2n) is 6.86. The minimum Gasteiger partial charge on any atom is -0.212 e. The first-order chi connectivity index (χ1) is 12.7. The largest absolute Gasteiger partial charge is 0.243 e. The van der Waals surface area contributed by atoms with Gasteiger partial charge >= 0.3 is 0 Å². The van der Waals surface area contributed by atoms with Crippen LogP contribution in [-0.4, -0.2) is 51.6 Å². The van der Waals surface area contributed by atoms with Crippen molar-refractivity contribution in [1.82, 2.24) is 8.61 Å². The molecule has 3 rings (SSSR count). The summed E-state index contributed by atoms with van der Waals surface area (Å²) in [4.78, 5) is 0.240. The summed E-state index contributed by atoms with van der Waals surface area (Å²) in [6, 6.07) is 14.1. The lowest BCUT2D eigenvalue weighted by molar-refractivity contribution is 0.272. The number of hydrogen-bond acceptors (Lipinski definition) is 4. The van der Waals surface area contributed by atoms with Gasteiger partial charge in [-0.15, -0.1) is 0 Å². The Morgan fingerprint density at radius 2 is 1.15 bits per heavy atom. The molecule has 2 aromatic carbocycles. The van der Waals surface area contributed by atoms with Crippen molar-refractivity contribution >= 4 is 20.0 Å². The molecular weight excluding hydrogens is 384 g/mol. The fourth-order valence-corrected chi connectivity index (χ4v) is 5.97. The Morgan fingerprint density at radius 1 is 0.704 bits per heavy atom. The van der Waals surface area contributed by atoms with Gasteiger partial charge in [-0.25, -0.2) is 16.8 Å². The number of aryl methyl sites for hydroxylation is 2. The fraction of sp³-hybridized carbons (Fsp3) is 0.368. The van der Waals surface area contributed by atoms with E-state index in [1.54, 1.807) is 24.3 Å². The molecule has 27 heavy (non-hydrogen) atoms. The van der Waals surface area contributed by atoms with E-state index in [0.717, 1.165) is 16.7 Å². The molecule has 0 aromatic heterocycles. The molecule has 2 aromatic rings. The molecule has 0 N–H and O–H groups in total. The number of hydrogen-bond donors (Lipinski definition) is 0. The summed E-state index contributed by atoms with van der Waals surface area (Å²) in [5.41, 5.74) is 2.79. The molecule has 1 heterocycles. The zero-order chi connectivity index (χ0) is 19.7. The number of nitrogens with zero attached hydrogens (tertiary/aromatic N) is 2. The molecule has 0 bridgehead atoms. The van der Waals surface area contributed by atoms with E-state index in [1.165, 1.54) is 8.61 Å². The molecule has 1 fully saturated rings. The lowest BCUT2D eigenvalue weighted by atomic mass is 10.2. The molecule has 8 heteroatoms. The predicted molar refractivity (Wildman–Crippen MR) is 105 cm³/mol. The van der Waals surface area contributed by atoms with Gasteiger partial charge in [-0.05, 0) is 31.5 Å². The average Bonchev–Trinajstić information content (AvgIpc) is 2.64. The van der Waals surface area contributed by atoms with E-state index < -0.39 is 20.0 Å². The van der Waals surface area contributed by atoms with Crippen LogP contribution in [-0.2, 0) is 25.8 Å². The van der Waals surface area contributed by atoms with Gasteiger partial charge in [0.15, 0.2) is 0 Å². The van der Waals surface area contributed by atoms with Gasteiger partial charge < -0.3 is 0 Å². The predicted octanol–water partition coefficient (Wildman–Crippen LogP) is 2.14. The van der Waals surface area contributed by atoms with Crippen LogP contribution in [0.5, 0.6) is 0 Å². The Morgan fingerprint density at radius 3 is 1.67 bits per heavy atom. The Kier molecular flexibility index (Phi) is 5.71. The van der Waals surface area contributed by atoms with Crippen LogP contribution in [0, 0.1) is 13.8 Å². The molecule has 0 spiro atoms. The van der Waals surface area contributed by atoms with Gasteiger partial charge in [-0.1, -0.05) is 47.5 Å². The zero-order valence-corrected chi connectivity index (χ0v) is 17.1. The molecule has 0 atom stereocenters. The van der Waals surface area contributed by atoms with Gasteiger partial charge in [0.25, 0.3) is 0 Å². The van der Waals surface area contributed by atoms with Gasteiger partial charge in [-0.3, -0.25) is 0 Å². The quantitative estimate of drug-likeness (QED) is 0.760. The highest BCUT2D eigenvalue weighted by Crippen LogP contribution is 2.20. The summed E-state index contributed by atoms with van der Waals surface area (Å²) in [7, 11) is -7.08. The summed E-state index contributed by atoms with van der Waals surface area (Å²) >= 11 is 0. The molecule has 146 valence electrons. The smallest absolute Gasteiger partial charge is 0.212 e. The standard InChI is InChI=1S/C19H24N2O4S2/c1-16-3-7-18(8-4-16)15-26(22,23)20-11-13-21(14-12-20)27(24,25)19-9-5-17(2)6-10-19/h3-10H,11-15H2,1-2H3. The van der Waals surface area contributed by atoms with Gasteiger partial charge in [0, 0.05) is 26.2 Å². The maximum Gasteiger partial charge on any atom is 0.243 e.